The van der Waals surface area contributed by atoms with Crippen LogP contribution in [0.3, 0.4) is 0 Å². The van der Waals surface area contributed by atoms with Crippen LogP contribution in [-0.2, 0) is 4.79 Å². The monoisotopic (exact) mass is 234 g/mol. The predicted octanol–water partition coefficient (Wildman–Crippen LogP) is 4.99. The van der Waals surface area contributed by atoms with Gasteiger partial charge < -0.3 is 4.79 Å². The van der Waals surface area contributed by atoms with Crippen LogP contribution in [0.2, 0.25) is 0 Å². The first-order valence-corrected chi connectivity index (χ1v) is 6.80. The molecule has 0 amide bonds. The van der Waals surface area contributed by atoms with E-state index in [4.69, 9.17) is 0 Å². The molecule has 0 aliphatic carbocycles. The van der Waals surface area contributed by atoms with Gasteiger partial charge in [-0.15, -0.1) is 0 Å². The topological polar surface area (TPSA) is 17.1 Å². The number of hydrogen-bond acceptors (Lipinski definition) is 1. The summed E-state index contributed by atoms with van der Waals surface area (Å²) >= 11 is 0. The molecule has 0 saturated carbocycles. The fourth-order valence-electron chi connectivity index (χ4n) is 1.61. The van der Waals surface area contributed by atoms with E-state index in [1.54, 1.807) is 0 Å². The zero-order valence-electron chi connectivity index (χ0n) is 11.1. The van der Waals surface area contributed by atoms with Gasteiger partial charge in [-0.3, -0.25) is 0 Å². The lowest BCUT2D eigenvalue weighted by Gasteiger charge is -1.98. The van der Waals surface area contributed by atoms with Gasteiger partial charge in [-0.25, -0.2) is 0 Å². The van der Waals surface area contributed by atoms with Gasteiger partial charge in [0.25, 0.3) is 0 Å². The van der Waals surface area contributed by atoms with E-state index in [1.165, 1.54) is 38.5 Å². The van der Waals surface area contributed by atoms with Crippen molar-refractivity contribution in [2.75, 3.05) is 0 Å². The first-order valence-electron chi connectivity index (χ1n) is 6.80. The number of unbranched alkanes of at least 4 members (excludes halogenated alkanes) is 7. The van der Waals surface area contributed by atoms with E-state index in [1.807, 2.05) is 25.2 Å². The summed E-state index contributed by atoms with van der Waals surface area (Å²) in [5, 5.41) is 0. The Morgan fingerprint density at radius 3 is 1.94 bits per heavy atom. The van der Waals surface area contributed by atoms with Gasteiger partial charge in [0, 0.05) is 6.42 Å². The van der Waals surface area contributed by atoms with Crippen molar-refractivity contribution >= 4 is 6.29 Å². The Hall–Kier alpha value is -1.11. The number of carbonyl (C=O) groups is 1. The van der Waals surface area contributed by atoms with Crippen LogP contribution in [0.25, 0.3) is 0 Å². The molecule has 1 nitrogen and oxygen atoms in total. The van der Waals surface area contributed by atoms with Crippen molar-refractivity contribution in [1.29, 1.82) is 0 Å². The Morgan fingerprint density at radius 2 is 1.29 bits per heavy atom. The van der Waals surface area contributed by atoms with Crippen LogP contribution in [0, 0.1) is 0 Å². The Labute approximate surface area is 106 Å². The molecule has 0 fully saturated rings. The maximum Gasteiger partial charge on any atom is 0.119 e. The predicted molar refractivity (Wildman–Crippen MR) is 76.1 cm³/mol. The highest BCUT2D eigenvalue weighted by molar-refractivity contribution is 5.48. The van der Waals surface area contributed by atoms with Gasteiger partial charge in [-0.2, -0.15) is 0 Å². The molecule has 0 aliphatic heterocycles. The van der Waals surface area contributed by atoms with E-state index in [0.29, 0.717) is 0 Å². The minimum Gasteiger partial charge on any atom is -0.303 e. The summed E-state index contributed by atoms with van der Waals surface area (Å²) in [5.41, 5.74) is 0. The molecule has 0 saturated heterocycles. The van der Waals surface area contributed by atoms with Crippen LogP contribution >= 0.6 is 0 Å². The number of hydrogen-bond donors (Lipinski definition) is 0. The molecule has 0 aromatic carbocycles. The van der Waals surface area contributed by atoms with Crippen molar-refractivity contribution in [3.63, 3.8) is 0 Å². The van der Waals surface area contributed by atoms with E-state index in [2.05, 4.69) is 18.2 Å². The average molecular weight is 234 g/mol. The van der Waals surface area contributed by atoms with E-state index in [0.717, 1.165) is 19.1 Å². The lowest BCUT2D eigenvalue weighted by molar-refractivity contribution is -0.107. The highest BCUT2D eigenvalue weighted by Gasteiger charge is 1.89. The van der Waals surface area contributed by atoms with Crippen molar-refractivity contribution in [3.8, 4) is 0 Å². The second-order valence-corrected chi connectivity index (χ2v) is 4.20. The summed E-state index contributed by atoms with van der Waals surface area (Å²) in [7, 11) is 0. The Kier molecular flexibility index (Phi) is 13.9. The lowest BCUT2D eigenvalue weighted by atomic mass is 10.1. The molecule has 0 heterocycles. The highest BCUT2D eigenvalue weighted by atomic mass is 16.1. The molecule has 0 spiro atoms. The molecule has 0 unspecified atom stereocenters. The second kappa shape index (κ2) is 14.9. The molecular weight excluding hydrogens is 208 g/mol. The van der Waals surface area contributed by atoms with Crippen molar-refractivity contribution in [1.82, 2.24) is 0 Å². The molecule has 0 aromatic heterocycles. The van der Waals surface area contributed by atoms with Gasteiger partial charge in [0.15, 0.2) is 0 Å². The zero-order chi connectivity index (χ0) is 12.6. The number of carbonyl (C=O) groups excluding carboxylic acids is 1. The number of rotatable bonds is 11. The van der Waals surface area contributed by atoms with Crippen LogP contribution in [0.15, 0.2) is 36.5 Å². The molecule has 0 atom stereocenters. The van der Waals surface area contributed by atoms with Crippen molar-refractivity contribution < 1.29 is 4.79 Å². The molecule has 0 radical (unpaired) electrons. The molecule has 0 rings (SSSR count). The van der Waals surface area contributed by atoms with E-state index in [9.17, 15) is 4.79 Å². The van der Waals surface area contributed by atoms with Crippen molar-refractivity contribution in [3.05, 3.63) is 36.5 Å². The first kappa shape index (κ1) is 15.9. The number of allylic oxidation sites excluding steroid dienone is 6. The molecule has 0 aliphatic rings. The smallest absolute Gasteiger partial charge is 0.119 e. The molecule has 0 bridgehead atoms. The molecule has 1 heteroatoms. The van der Waals surface area contributed by atoms with Crippen LogP contribution in [-0.4, -0.2) is 6.29 Å². The molecule has 17 heavy (non-hydrogen) atoms. The summed E-state index contributed by atoms with van der Waals surface area (Å²) in [6.45, 7) is 2.02. The van der Waals surface area contributed by atoms with Crippen LogP contribution in [0.4, 0.5) is 0 Å². The molecular formula is C16H26O. The van der Waals surface area contributed by atoms with E-state index < -0.39 is 0 Å². The normalized spacial score (nSPS) is 12.1. The quantitative estimate of drug-likeness (QED) is 0.279. The molecule has 0 aromatic rings. The second-order valence-electron chi connectivity index (χ2n) is 4.20. The molecule has 96 valence electrons. The standard InChI is InChI=1S/C16H26O/c1-2-3-4-5-6-7-8-9-10-11-12-13-14-15-16-17/h2-7,16H,8-15H2,1H3/b3-2?,5-4?,7-6-. The Morgan fingerprint density at radius 1 is 0.706 bits per heavy atom. The highest BCUT2D eigenvalue weighted by Crippen LogP contribution is 2.08. The summed E-state index contributed by atoms with van der Waals surface area (Å²) in [6, 6.07) is 0. The summed E-state index contributed by atoms with van der Waals surface area (Å²) in [4.78, 5) is 10.1. The zero-order valence-corrected chi connectivity index (χ0v) is 11.1. The van der Waals surface area contributed by atoms with Gasteiger partial charge in [0.2, 0.25) is 0 Å². The fourth-order valence-corrected chi connectivity index (χ4v) is 1.61. The van der Waals surface area contributed by atoms with E-state index in [-0.39, 0.29) is 0 Å². The minimum absolute atomic E-state index is 0.737. The van der Waals surface area contributed by atoms with E-state index >= 15 is 0 Å². The summed E-state index contributed by atoms with van der Waals surface area (Å²) in [5.74, 6) is 0. The lowest BCUT2D eigenvalue weighted by Crippen LogP contribution is -1.80. The summed E-state index contributed by atoms with van der Waals surface area (Å²) < 4.78 is 0. The third-order valence-electron chi connectivity index (χ3n) is 2.60. The minimum atomic E-state index is 0.737. The third-order valence-corrected chi connectivity index (χ3v) is 2.60. The average Bonchev–Trinajstić information content (AvgIpc) is 2.35. The van der Waals surface area contributed by atoms with Crippen LogP contribution in [0.5, 0.6) is 0 Å². The molecule has 0 N–H and O–H groups in total. The van der Waals surface area contributed by atoms with Crippen LogP contribution in [0.1, 0.15) is 58.3 Å². The maximum atomic E-state index is 10.1. The SMILES string of the molecule is CC=CC=C/C=C\CCCCCCCCC=O. The van der Waals surface area contributed by atoms with Gasteiger partial charge in [-0.05, 0) is 26.2 Å². The van der Waals surface area contributed by atoms with Gasteiger partial charge >= 0.3 is 0 Å². The maximum absolute atomic E-state index is 10.1. The van der Waals surface area contributed by atoms with Crippen molar-refractivity contribution in [2.45, 2.75) is 58.3 Å². The largest absolute Gasteiger partial charge is 0.303 e. The van der Waals surface area contributed by atoms with Crippen LogP contribution < -0.4 is 0 Å². The third kappa shape index (κ3) is 14.9. The van der Waals surface area contributed by atoms with Crippen molar-refractivity contribution in [2.24, 2.45) is 0 Å². The van der Waals surface area contributed by atoms with Gasteiger partial charge in [0.05, 0.1) is 0 Å². The Balaban J connectivity index is 3.15. The van der Waals surface area contributed by atoms with Gasteiger partial charge in [0.1, 0.15) is 6.29 Å². The fraction of sp³-hybridized carbons (Fsp3) is 0.562. The number of aldehydes is 1. The summed E-state index contributed by atoms with van der Waals surface area (Å²) in [6.07, 6.45) is 22.9. The Bertz CT molecular complexity index is 236. The first-order chi connectivity index (χ1) is 8.41. The van der Waals surface area contributed by atoms with Gasteiger partial charge in [-0.1, -0.05) is 62.1 Å².